The molecule has 4 heteroatoms. The van der Waals surface area contributed by atoms with Crippen LogP contribution in [0.15, 0.2) is 24.3 Å². The van der Waals surface area contributed by atoms with Gasteiger partial charge in [0.1, 0.15) is 0 Å². The number of hydrogen-bond donors (Lipinski definition) is 1. The number of halogens is 1. The third-order valence-electron chi connectivity index (χ3n) is 3.30. The Morgan fingerprint density at radius 3 is 2.79 bits per heavy atom. The Kier molecular flexibility index (Phi) is 4.61. The van der Waals surface area contributed by atoms with Gasteiger partial charge in [-0.15, -0.1) is 0 Å². The fourth-order valence-corrected chi connectivity index (χ4v) is 2.47. The van der Waals surface area contributed by atoms with Gasteiger partial charge in [0.2, 0.25) is 0 Å². The van der Waals surface area contributed by atoms with Crippen molar-refractivity contribution in [3.05, 3.63) is 46.2 Å². The van der Waals surface area contributed by atoms with Gasteiger partial charge in [-0.1, -0.05) is 24.6 Å². The molecule has 0 unspecified atom stereocenters. The maximum Gasteiger partial charge on any atom is 0.0663 e. The maximum absolute atomic E-state index is 6.04. The van der Waals surface area contributed by atoms with Crippen molar-refractivity contribution >= 4 is 11.6 Å². The summed E-state index contributed by atoms with van der Waals surface area (Å²) in [6.45, 7) is 8.28. The van der Waals surface area contributed by atoms with Crippen LogP contribution in [0.3, 0.4) is 0 Å². The second kappa shape index (κ2) is 6.22. The van der Waals surface area contributed by atoms with E-state index in [1.165, 1.54) is 11.3 Å². The molecule has 0 aliphatic heterocycles. The quantitative estimate of drug-likeness (QED) is 0.850. The number of nitrogens with zero attached hydrogens (tertiary/aromatic N) is 2. The molecule has 0 aliphatic rings. The summed E-state index contributed by atoms with van der Waals surface area (Å²) in [5.41, 5.74) is 4.62. The van der Waals surface area contributed by atoms with E-state index in [0.29, 0.717) is 0 Å². The zero-order valence-electron chi connectivity index (χ0n) is 11.7. The van der Waals surface area contributed by atoms with Crippen LogP contribution in [0.4, 0.5) is 0 Å². The molecule has 3 nitrogen and oxygen atoms in total. The zero-order valence-corrected chi connectivity index (χ0v) is 12.5. The van der Waals surface area contributed by atoms with Crippen LogP contribution < -0.4 is 5.32 Å². The lowest BCUT2D eigenvalue weighted by Gasteiger charge is -2.06. The minimum Gasteiger partial charge on any atom is -0.317 e. The van der Waals surface area contributed by atoms with Crippen molar-refractivity contribution in [1.82, 2.24) is 15.1 Å². The molecular weight excluding hydrogens is 258 g/mol. The van der Waals surface area contributed by atoms with Crippen LogP contribution in [0.5, 0.6) is 0 Å². The van der Waals surface area contributed by atoms with Gasteiger partial charge in [0.25, 0.3) is 0 Å². The van der Waals surface area contributed by atoms with E-state index in [1.54, 1.807) is 0 Å². The average molecular weight is 278 g/mol. The molecule has 0 amide bonds. The number of nitrogens with one attached hydrogen (secondary N) is 1. The highest BCUT2D eigenvalue weighted by Gasteiger charge is 2.12. The van der Waals surface area contributed by atoms with Crippen LogP contribution in [0.2, 0.25) is 5.02 Å². The second-order valence-electron chi connectivity index (χ2n) is 4.64. The van der Waals surface area contributed by atoms with Crippen LogP contribution in [0.1, 0.15) is 23.9 Å². The summed E-state index contributed by atoms with van der Waals surface area (Å²) in [7, 11) is 0. The van der Waals surface area contributed by atoms with Gasteiger partial charge in [-0.05, 0) is 57.1 Å². The van der Waals surface area contributed by atoms with Crippen LogP contribution in [0, 0.1) is 13.8 Å². The smallest absolute Gasteiger partial charge is 0.0663 e. The van der Waals surface area contributed by atoms with E-state index >= 15 is 0 Å². The predicted molar refractivity (Wildman–Crippen MR) is 80.3 cm³/mol. The van der Waals surface area contributed by atoms with Crippen molar-refractivity contribution in [1.29, 1.82) is 0 Å². The fourth-order valence-electron chi connectivity index (χ4n) is 2.29. The molecule has 0 aliphatic carbocycles. The molecule has 1 heterocycles. The normalized spacial score (nSPS) is 10.9. The van der Waals surface area contributed by atoms with Crippen molar-refractivity contribution in [2.75, 3.05) is 13.1 Å². The molecule has 1 aromatic carbocycles. The maximum atomic E-state index is 6.04. The number of rotatable bonds is 5. The summed E-state index contributed by atoms with van der Waals surface area (Å²) in [4.78, 5) is 0. The summed E-state index contributed by atoms with van der Waals surface area (Å²) in [5.74, 6) is 0. The van der Waals surface area contributed by atoms with Crippen molar-refractivity contribution < 1.29 is 0 Å². The van der Waals surface area contributed by atoms with E-state index in [4.69, 9.17) is 11.6 Å². The highest BCUT2D eigenvalue weighted by molar-refractivity contribution is 6.30. The highest BCUT2D eigenvalue weighted by Crippen LogP contribution is 2.20. The van der Waals surface area contributed by atoms with Gasteiger partial charge in [0, 0.05) is 10.7 Å². The Balaban J connectivity index is 2.30. The first-order chi connectivity index (χ1) is 9.13. The van der Waals surface area contributed by atoms with E-state index in [2.05, 4.69) is 31.2 Å². The van der Waals surface area contributed by atoms with E-state index in [1.807, 2.05) is 28.9 Å². The Morgan fingerprint density at radius 2 is 2.11 bits per heavy atom. The van der Waals surface area contributed by atoms with Crippen molar-refractivity contribution in [2.45, 2.75) is 27.2 Å². The monoisotopic (exact) mass is 277 g/mol. The zero-order chi connectivity index (χ0) is 13.8. The molecule has 0 atom stereocenters. The van der Waals surface area contributed by atoms with Crippen LogP contribution in [-0.4, -0.2) is 22.9 Å². The van der Waals surface area contributed by atoms with Crippen molar-refractivity contribution in [3.8, 4) is 5.69 Å². The lowest BCUT2D eigenvalue weighted by Crippen LogP contribution is -2.16. The average Bonchev–Trinajstić information content (AvgIpc) is 2.67. The minimum absolute atomic E-state index is 0.735. The second-order valence-corrected chi connectivity index (χ2v) is 5.08. The third-order valence-corrected chi connectivity index (χ3v) is 3.53. The van der Waals surface area contributed by atoms with Crippen molar-refractivity contribution in [2.24, 2.45) is 0 Å². The summed E-state index contributed by atoms with van der Waals surface area (Å²) >= 11 is 6.04. The molecule has 2 aromatic rings. The molecule has 0 spiro atoms. The Morgan fingerprint density at radius 1 is 1.32 bits per heavy atom. The summed E-state index contributed by atoms with van der Waals surface area (Å²) in [6.07, 6.45) is 1.01. The molecule has 0 radical (unpaired) electrons. The number of benzene rings is 1. The Labute approximate surface area is 119 Å². The first-order valence-electron chi connectivity index (χ1n) is 6.65. The van der Waals surface area contributed by atoms with Crippen LogP contribution >= 0.6 is 11.6 Å². The molecule has 1 aromatic heterocycles. The van der Waals surface area contributed by atoms with Crippen LogP contribution in [0.25, 0.3) is 5.69 Å². The first kappa shape index (κ1) is 14.1. The van der Waals surface area contributed by atoms with Gasteiger partial charge in [-0.25, -0.2) is 4.68 Å². The molecular formula is C15H20ClN3. The molecule has 1 N–H and O–H groups in total. The summed E-state index contributed by atoms with van der Waals surface area (Å²) in [5, 5.41) is 8.72. The first-order valence-corrected chi connectivity index (χ1v) is 7.03. The molecule has 102 valence electrons. The largest absolute Gasteiger partial charge is 0.317 e. The lowest BCUT2D eigenvalue weighted by molar-refractivity contribution is 0.713. The van der Waals surface area contributed by atoms with Gasteiger partial charge in [-0.3, -0.25) is 0 Å². The van der Waals surface area contributed by atoms with Crippen LogP contribution in [-0.2, 0) is 6.42 Å². The number of aryl methyl sites for hydroxylation is 1. The van der Waals surface area contributed by atoms with E-state index in [9.17, 15) is 0 Å². The third kappa shape index (κ3) is 3.17. The number of likely N-dealkylation sites (N-methyl/N-ethyl adjacent to an activating group) is 1. The van der Waals surface area contributed by atoms with E-state index in [0.717, 1.165) is 35.9 Å². The lowest BCUT2D eigenvalue weighted by atomic mass is 10.1. The summed E-state index contributed by atoms with van der Waals surface area (Å²) < 4.78 is 1.97. The molecule has 2 rings (SSSR count). The highest BCUT2D eigenvalue weighted by atomic mass is 35.5. The molecule has 19 heavy (non-hydrogen) atoms. The predicted octanol–water partition coefficient (Wildman–Crippen LogP) is 3.29. The topological polar surface area (TPSA) is 29.9 Å². The van der Waals surface area contributed by atoms with Gasteiger partial charge < -0.3 is 5.32 Å². The van der Waals surface area contributed by atoms with Gasteiger partial charge in [0.05, 0.1) is 11.4 Å². The van der Waals surface area contributed by atoms with Gasteiger partial charge in [-0.2, -0.15) is 5.10 Å². The SMILES string of the molecule is CCNCCc1c(C)nn(-c2cccc(Cl)c2)c1C. The van der Waals surface area contributed by atoms with Crippen molar-refractivity contribution in [3.63, 3.8) is 0 Å². The molecule has 0 fully saturated rings. The summed E-state index contributed by atoms with van der Waals surface area (Å²) in [6, 6.07) is 7.80. The van der Waals surface area contributed by atoms with Gasteiger partial charge >= 0.3 is 0 Å². The fraction of sp³-hybridized carbons (Fsp3) is 0.400. The Hall–Kier alpha value is -1.32. The number of hydrogen-bond acceptors (Lipinski definition) is 2. The Bertz CT molecular complexity index is 561. The number of aromatic nitrogens is 2. The minimum atomic E-state index is 0.735. The standard InChI is InChI=1S/C15H20ClN3/c1-4-17-9-8-15-11(2)18-19(12(15)3)14-7-5-6-13(16)10-14/h5-7,10,17H,4,8-9H2,1-3H3. The molecule has 0 saturated heterocycles. The van der Waals surface area contributed by atoms with Gasteiger partial charge in [0.15, 0.2) is 0 Å². The van der Waals surface area contributed by atoms with E-state index < -0.39 is 0 Å². The molecule has 0 saturated carbocycles. The molecule has 0 bridgehead atoms. The van der Waals surface area contributed by atoms with E-state index in [-0.39, 0.29) is 0 Å².